The Morgan fingerprint density at radius 1 is 1.61 bits per heavy atom. The lowest BCUT2D eigenvalue weighted by Gasteiger charge is -2.13. The first-order valence-electron chi connectivity index (χ1n) is 5.91. The molecule has 2 atom stereocenters. The normalized spacial score (nSPS) is 23.7. The molecule has 0 aromatic rings. The molecule has 1 saturated heterocycles. The van der Waals surface area contributed by atoms with Crippen molar-refractivity contribution in [3.8, 4) is 0 Å². The Balaban J connectivity index is 2.55. The molecule has 1 aliphatic heterocycles. The van der Waals surface area contributed by atoms with Crippen LogP contribution in [0.3, 0.4) is 0 Å². The maximum Gasteiger partial charge on any atom is 0.344 e. The highest BCUT2D eigenvalue weighted by atomic mass is 79.9. The number of allylic oxidation sites excluding steroid dienone is 1. The van der Waals surface area contributed by atoms with Gasteiger partial charge in [-0.3, -0.25) is 4.79 Å². The maximum atomic E-state index is 11.4. The number of carbonyl (C=O) groups excluding carboxylic acids is 2. The summed E-state index contributed by atoms with van der Waals surface area (Å²) in [7, 11) is 0. The van der Waals surface area contributed by atoms with Gasteiger partial charge in [-0.2, -0.15) is 0 Å². The van der Waals surface area contributed by atoms with Crippen molar-refractivity contribution in [2.24, 2.45) is 5.92 Å². The number of halogens is 1. The largest absolute Gasteiger partial charge is 0.462 e. The Morgan fingerprint density at radius 3 is 2.94 bits per heavy atom. The molecule has 1 rings (SSSR count). The summed E-state index contributed by atoms with van der Waals surface area (Å²) in [4.78, 5) is 22.6. The third-order valence-electron chi connectivity index (χ3n) is 2.71. The first kappa shape index (κ1) is 15.0. The fourth-order valence-corrected chi connectivity index (χ4v) is 2.14. The molecule has 1 fully saturated rings. The van der Waals surface area contributed by atoms with Crippen LogP contribution >= 0.6 is 15.9 Å². The zero-order valence-corrected chi connectivity index (χ0v) is 11.9. The summed E-state index contributed by atoms with van der Waals surface area (Å²) in [5.41, 5.74) is 0. The predicted molar refractivity (Wildman–Crippen MR) is 71.1 cm³/mol. The van der Waals surface area contributed by atoms with Gasteiger partial charge in [0.15, 0.2) is 0 Å². The van der Waals surface area contributed by atoms with E-state index in [2.05, 4.69) is 22.5 Å². The van der Waals surface area contributed by atoms with Crippen molar-refractivity contribution in [3.05, 3.63) is 23.2 Å². The van der Waals surface area contributed by atoms with Crippen LogP contribution < -0.4 is 0 Å². The second-order valence-electron chi connectivity index (χ2n) is 4.03. The Kier molecular flexibility index (Phi) is 6.12. The van der Waals surface area contributed by atoms with Gasteiger partial charge in [-0.05, 0) is 29.3 Å². The molecule has 1 aliphatic rings. The third kappa shape index (κ3) is 4.29. The van der Waals surface area contributed by atoms with Gasteiger partial charge >= 0.3 is 11.9 Å². The van der Waals surface area contributed by atoms with Crippen molar-refractivity contribution in [2.75, 3.05) is 6.61 Å². The molecule has 100 valence electrons. The molecule has 1 heterocycles. The second kappa shape index (κ2) is 7.36. The molecule has 0 aliphatic carbocycles. The van der Waals surface area contributed by atoms with Crippen LogP contribution in [-0.4, -0.2) is 24.6 Å². The highest BCUT2D eigenvalue weighted by Gasteiger charge is 2.33. The molecule has 4 nitrogen and oxygen atoms in total. The van der Waals surface area contributed by atoms with Gasteiger partial charge in [0, 0.05) is 12.3 Å². The van der Waals surface area contributed by atoms with E-state index in [0.717, 1.165) is 0 Å². The zero-order chi connectivity index (χ0) is 13.5. The van der Waals surface area contributed by atoms with Crippen molar-refractivity contribution in [3.63, 3.8) is 0 Å². The van der Waals surface area contributed by atoms with Gasteiger partial charge in [0.2, 0.25) is 0 Å². The van der Waals surface area contributed by atoms with Crippen molar-refractivity contribution >= 4 is 27.9 Å². The van der Waals surface area contributed by atoms with E-state index in [4.69, 9.17) is 9.47 Å². The monoisotopic (exact) mass is 316 g/mol. The predicted octanol–water partition coefficient (Wildman–Crippen LogP) is 2.73. The number of hydrogen-bond donors (Lipinski definition) is 0. The number of cyclic esters (lactones) is 1. The smallest absolute Gasteiger partial charge is 0.344 e. The summed E-state index contributed by atoms with van der Waals surface area (Å²) in [6.07, 6.45) is 4.97. The standard InChI is InChI=1S/C13H17BrO4/c1-3-5-11-9(8-12(15)18-11)6-7-10(14)13(16)17-4-2/h3,7,9,11H,1,4-6,8H2,2H3/b10-7-/t9-,11+/m1/s1. The van der Waals surface area contributed by atoms with Gasteiger partial charge < -0.3 is 9.47 Å². The fourth-order valence-electron chi connectivity index (χ4n) is 1.84. The van der Waals surface area contributed by atoms with E-state index in [1.165, 1.54) is 0 Å². The quantitative estimate of drug-likeness (QED) is 0.429. The lowest BCUT2D eigenvalue weighted by Crippen LogP contribution is -2.14. The van der Waals surface area contributed by atoms with Crippen LogP contribution in [0.5, 0.6) is 0 Å². The second-order valence-corrected chi connectivity index (χ2v) is 4.88. The van der Waals surface area contributed by atoms with E-state index in [1.54, 1.807) is 19.1 Å². The summed E-state index contributed by atoms with van der Waals surface area (Å²) >= 11 is 3.17. The average Bonchev–Trinajstić information content (AvgIpc) is 2.67. The van der Waals surface area contributed by atoms with E-state index in [1.807, 2.05) is 0 Å². The number of hydrogen-bond acceptors (Lipinski definition) is 4. The molecule has 0 aromatic heterocycles. The minimum absolute atomic E-state index is 0.0949. The first-order chi connectivity index (χ1) is 8.58. The van der Waals surface area contributed by atoms with Crippen LogP contribution in [0.4, 0.5) is 0 Å². The Labute approximate surface area is 115 Å². The van der Waals surface area contributed by atoms with E-state index in [9.17, 15) is 9.59 Å². The number of rotatable bonds is 6. The number of ether oxygens (including phenoxy) is 2. The minimum atomic E-state index is -0.386. The summed E-state index contributed by atoms with van der Waals surface area (Å²) in [5, 5.41) is 0. The van der Waals surface area contributed by atoms with E-state index >= 15 is 0 Å². The average molecular weight is 317 g/mol. The van der Waals surface area contributed by atoms with E-state index in [0.29, 0.717) is 30.4 Å². The summed E-state index contributed by atoms with van der Waals surface area (Å²) in [5.74, 6) is -0.479. The van der Waals surface area contributed by atoms with E-state index in [-0.39, 0.29) is 24.0 Å². The Morgan fingerprint density at radius 2 is 2.33 bits per heavy atom. The van der Waals surface area contributed by atoms with Crippen molar-refractivity contribution in [1.29, 1.82) is 0 Å². The maximum absolute atomic E-state index is 11.4. The SMILES string of the molecule is C=CC[C@@H]1OC(=O)C[C@H]1C/C=C(\Br)C(=O)OCC. The van der Waals surface area contributed by atoms with Crippen LogP contribution in [-0.2, 0) is 19.1 Å². The third-order valence-corrected chi connectivity index (χ3v) is 3.35. The van der Waals surface area contributed by atoms with Gasteiger partial charge in [0.25, 0.3) is 0 Å². The summed E-state index contributed by atoms with van der Waals surface area (Å²) < 4.78 is 10.4. The lowest BCUT2D eigenvalue weighted by atomic mass is 9.95. The van der Waals surface area contributed by atoms with Gasteiger partial charge in [-0.25, -0.2) is 4.79 Å². The van der Waals surface area contributed by atoms with Gasteiger partial charge in [0.05, 0.1) is 17.5 Å². The molecular formula is C13H17BrO4. The Bertz CT molecular complexity index is 362. The molecule has 18 heavy (non-hydrogen) atoms. The summed E-state index contributed by atoms with van der Waals surface area (Å²) in [6.45, 7) is 5.73. The highest BCUT2D eigenvalue weighted by Crippen LogP contribution is 2.29. The molecule has 0 spiro atoms. The molecule has 0 radical (unpaired) electrons. The van der Waals surface area contributed by atoms with Crippen LogP contribution in [0, 0.1) is 5.92 Å². The zero-order valence-electron chi connectivity index (χ0n) is 10.4. The topological polar surface area (TPSA) is 52.6 Å². The van der Waals surface area contributed by atoms with Gasteiger partial charge in [0.1, 0.15) is 6.10 Å². The first-order valence-corrected chi connectivity index (χ1v) is 6.71. The lowest BCUT2D eigenvalue weighted by molar-refractivity contribution is -0.141. The van der Waals surface area contributed by atoms with Crippen molar-refractivity contribution < 1.29 is 19.1 Å². The van der Waals surface area contributed by atoms with Crippen LogP contribution in [0.25, 0.3) is 0 Å². The van der Waals surface area contributed by atoms with E-state index < -0.39 is 0 Å². The van der Waals surface area contributed by atoms with Crippen LogP contribution in [0.1, 0.15) is 26.2 Å². The fraction of sp³-hybridized carbons (Fsp3) is 0.538. The molecule has 0 unspecified atom stereocenters. The highest BCUT2D eigenvalue weighted by molar-refractivity contribution is 9.12. The van der Waals surface area contributed by atoms with Crippen molar-refractivity contribution in [2.45, 2.75) is 32.3 Å². The Hall–Kier alpha value is -1.10. The molecule has 5 heteroatoms. The van der Waals surface area contributed by atoms with Gasteiger partial charge in [-0.1, -0.05) is 12.2 Å². The number of carbonyl (C=O) groups is 2. The number of esters is 2. The molecule has 0 amide bonds. The van der Waals surface area contributed by atoms with Gasteiger partial charge in [-0.15, -0.1) is 6.58 Å². The molecule has 0 N–H and O–H groups in total. The van der Waals surface area contributed by atoms with Crippen LogP contribution in [0.15, 0.2) is 23.2 Å². The molecule has 0 bridgehead atoms. The van der Waals surface area contributed by atoms with Crippen molar-refractivity contribution in [1.82, 2.24) is 0 Å². The molecule has 0 saturated carbocycles. The van der Waals surface area contributed by atoms with Crippen LogP contribution in [0.2, 0.25) is 0 Å². The molecular weight excluding hydrogens is 300 g/mol. The summed E-state index contributed by atoms with van der Waals surface area (Å²) in [6, 6.07) is 0. The molecule has 0 aromatic carbocycles. The minimum Gasteiger partial charge on any atom is -0.462 e.